The lowest BCUT2D eigenvalue weighted by Gasteiger charge is -2.11. The van der Waals surface area contributed by atoms with Crippen LogP contribution in [0.25, 0.3) is 0 Å². The number of benzene rings is 1. The summed E-state index contributed by atoms with van der Waals surface area (Å²) in [5.74, 6) is 2.77. The van der Waals surface area contributed by atoms with Crippen LogP contribution in [0.5, 0.6) is 5.75 Å². The Morgan fingerprint density at radius 3 is 3.12 bits per heavy atom. The number of hydrogen-bond donors (Lipinski definition) is 2. The molecule has 1 aliphatic rings. The Kier molecular flexibility index (Phi) is 3.94. The molecule has 1 unspecified atom stereocenters. The Bertz CT molecular complexity index is 414. The van der Waals surface area contributed by atoms with Crippen molar-refractivity contribution in [1.29, 1.82) is 0 Å². The molecule has 1 aromatic carbocycles. The molecule has 17 heavy (non-hydrogen) atoms. The highest BCUT2D eigenvalue weighted by Gasteiger charge is 2.17. The Morgan fingerprint density at radius 1 is 1.59 bits per heavy atom. The van der Waals surface area contributed by atoms with Crippen LogP contribution in [-0.4, -0.2) is 29.1 Å². The molecule has 1 aromatic rings. The number of carbonyl (C=O) groups excluding carboxylic acids is 1. The van der Waals surface area contributed by atoms with Crippen molar-refractivity contribution < 1.29 is 9.90 Å². The summed E-state index contributed by atoms with van der Waals surface area (Å²) in [5.41, 5.74) is 1.35. The summed E-state index contributed by atoms with van der Waals surface area (Å²) in [6, 6.07) is 5.07. The third kappa shape index (κ3) is 3.16. The summed E-state index contributed by atoms with van der Waals surface area (Å²) in [6.07, 6.45) is 1.17. The largest absolute Gasteiger partial charge is 0.507 e. The molecule has 3 nitrogen and oxygen atoms in total. The summed E-state index contributed by atoms with van der Waals surface area (Å²) in [5, 5.41) is 12.5. The minimum absolute atomic E-state index is 0.0499. The van der Waals surface area contributed by atoms with Crippen LogP contribution in [0.4, 0.5) is 0 Å². The number of hydrogen-bond acceptors (Lipinski definition) is 3. The number of carbonyl (C=O) groups is 1. The molecule has 1 amide bonds. The second-order valence-corrected chi connectivity index (χ2v) is 5.61. The molecule has 0 bridgehead atoms. The Balaban J connectivity index is 1.96. The van der Waals surface area contributed by atoms with Gasteiger partial charge in [0.25, 0.3) is 5.91 Å². The van der Waals surface area contributed by atoms with E-state index in [1.807, 2.05) is 18.7 Å². The molecule has 0 saturated carbocycles. The van der Waals surface area contributed by atoms with Gasteiger partial charge in [-0.15, -0.1) is 0 Å². The molecule has 4 heteroatoms. The predicted octanol–water partition coefficient (Wildman–Crippen LogP) is 2.18. The lowest BCUT2D eigenvalue weighted by atomic mass is 10.1. The molecule has 0 radical (unpaired) electrons. The van der Waals surface area contributed by atoms with E-state index in [0.29, 0.717) is 18.0 Å². The van der Waals surface area contributed by atoms with Gasteiger partial charge in [0.15, 0.2) is 0 Å². The fourth-order valence-corrected chi connectivity index (χ4v) is 3.19. The number of phenols is 1. The lowest BCUT2D eigenvalue weighted by molar-refractivity contribution is 0.0946. The topological polar surface area (TPSA) is 49.3 Å². The molecule has 1 atom stereocenters. The van der Waals surface area contributed by atoms with Gasteiger partial charge in [0.1, 0.15) is 5.75 Å². The molecule has 1 saturated heterocycles. The third-order valence-electron chi connectivity index (χ3n) is 2.97. The van der Waals surface area contributed by atoms with E-state index in [0.717, 1.165) is 11.3 Å². The monoisotopic (exact) mass is 251 g/mol. The van der Waals surface area contributed by atoms with Gasteiger partial charge in [0.2, 0.25) is 0 Å². The molecular formula is C13H17NO2S. The summed E-state index contributed by atoms with van der Waals surface area (Å²) >= 11 is 1.93. The number of nitrogens with one attached hydrogen (secondary N) is 1. The summed E-state index contributed by atoms with van der Waals surface area (Å²) in [6.45, 7) is 2.61. The van der Waals surface area contributed by atoms with Gasteiger partial charge in [-0.2, -0.15) is 11.8 Å². The van der Waals surface area contributed by atoms with Crippen molar-refractivity contribution >= 4 is 17.7 Å². The van der Waals surface area contributed by atoms with Crippen LogP contribution < -0.4 is 5.32 Å². The molecule has 0 aliphatic carbocycles. The van der Waals surface area contributed by atoms with Gasteiger partial charge in [-0.1, -0.05) is 11.6 Å². The Morgan fingerprint density at radius 2 is 2.41 bits per heavy atom. The molecule has 1 fully saturated rings. The smallest absolute Gasteiger partial charge is 0.255 e. The van der Waals surface area contributed by atoms with Crippen molar-refractivity contribution in [2.24, 2.45) is 5.92 Å². The maximum Gasteiger partial charge on any atom is 0.255 e. The number of phenolic OH excluding ortho intramolecular Hbond substituents is 1. The van der Waals surface area contributed by atoms with Crippen molar-refractivity contribution in [3.8, 4) is 5.75 Å². The van der Waals surface area contributed by atoms with E-state index in [1.54, 1.807) is 18.2 Å². The van der Waals surface area contributed by atoms with Gasteiger partial charge in [0, 0.05) is 6.54 Å². The number of amides is 1. The quantitative estimate of drug-likeness (QED) is 0.865. The number of aryl methyl sites for hydroxylation is 1. The van der Waals surface area contributed by atoms with E-state index < -0.39 is 0 Å². The van der Waals surface area contributed by atoms with E-state index in [2.05, 4.69) is 5.32 Å². The van der Waals surface area contributed by atoms with Crippen molar-refractivity contribution in [2.45, 2.75) is 13.3 Å². The second-order valence-electron chi connectivity index (χ2n) is 4.46. The minimum atomic E-state index is -0.178. The van der Waals surface area contributed by atoms with Gasteiger partial charge in [-0.3, -0.25) is 4.79 Å². The van der Waals surface area contributed by atoms with Crippen molar-refractivity contribution in [3.63, 3.8) is 0 Å². The van der Waals surface area contributed by atoms with Crippen LogP contribution in [-0.2, 0) is 0 Å². The highest BCUT2D eigenvalue weighted by molar-refractivity contribution is 7.99. The molecule has 0 aromatic heterocycles. The number of aromatic hydroxyl groups is 1. The second kappa shape index (κ2) is 5.45. The van der Waals surface area contributed by atoms with Gasteiger partial charge in [-0.05, 0) is 42.9 Å². The van der Waals surface area contributed by atoms with Crippen LogP contribution in [0.3, 0.4) is 0 Å². The van der Waals surface area contributed by atoms with E-state index in [1.165, 1.54) is 12.2 Å². The molecule has 2 N–H and O–H groups in total. The van der Waals surface area contributed by atoms with Crippen molar-refractivity contribution in [3.05, 3.63) is 29.3 Å². The molecule has 1 heterocycles. The van der Waals surface area contributed by atoms with Crippen LogP contribution in [0.15, 0.2) is 18.2 Å². The zero-order chi connectivity index (χ0) is 12.3. The molecule has 2 rings (SSSR count). The lowest BCUT2D eigenvalue weighted by Crippen LogP contribution is -2.29. The van der Waals surface area contributed by atoms with Crippen LogP contribution >= 0.6 is 11.8 Å². The van der Waals surface area contributed by atoms with E-state index >= 15 is 0 Å². The summed E-state index contributed by atoms with van der Waals surface area (Å²) in [7, 11) is 0. The first-order valence-electron chi connectivity index (χ1n) is 5.82. The van der Waals surface area contributed by atoms with Crippen LogP contribution in [0, 0.1) is 12.8 Å². The summed E-state index contributed by atoms with van der Waals surface area (Å²) in [4.78, 5) is 11.9. The maximum atomic E-state index is 11.9. The molecular weight excluding hydrogens is 234 g/mol. The SMILES string of the molecule is Cc1ccc(O)c(C(=O)NCC2CCSC2)c1. The van der Waals surface area contributed by atoms with Crippen LogP contribution in [0.2, 0.25) is 0 Å². The minimum Gasteiger partial charge on any atom is -0.507 e. The average Bonchev–Trinajstić information content (AvgIpc) is 2.82. The predicted molar refractivity (Wildman–Crippen MR) is 70.6 cm³/mol. The normalized spacial score (nSPS) is 19.2. The van der Waals surface area contributed by atoms with E-state index in [4.69, 9.17) is 0 Å². The summed E-state index contributed by atoms with van der Waals surface area (Å²) < 4.78 is 0. The molecule has 1 aliphatic heterocycles. The highest BCUT2D eigenvalue weighted by atomic mass is 32.2. The number of rotatable bonds is 3. The van der Waals surface area contributed by atoms with Crippen molar-refractivity contribution in [1.82, 2.24) is 5.32 Å². The van der Waals surface area contributed by atoms with E-state index in [-0.39, 0.29) is 11.7 Å². The standard InChI is InChI=1S/C13H17NO2S/c1-9-2-3-12(15)11(6-9)13(16)14-7-10-4-5-17-8-10/h2-3,6,10,15H,4-5,7-8H2,1H3,(H,14,16). The maximum absolute atomic E-state index is 11.9. The van der Waals surface area contributed by atoms with Crippen molar-refractivity contribution in [2.75, 3.05) is 18.1 Å². The van der Waals surface area contributed by atoms with Crippen LogP contribution in [0.1, 0.15) is 22.3 Å². The van der Waals surface area contributed by atoms with Gasteiger partial charge < -0.3 is 10.4 Å². The highest BCUT2D eigenvalue weighted by Crippen LogP contribution is 2.23. The van der Waals surface area contributed by atoms with Gasteiger partial charge in [0.05, 0.1) is 5.56 Å². The Hall–Kier alpha value is -1.16. The molecule has 92 valence electrons. The Labute approximate surface area is 106 Å². The molecule has 0 spiro atoms. The van der Waals surface area contributed by atoms with Gasteiger partial charge in [-0.25, -0.2) is 0 Å². The zero-order valence-corrected chi connectivity index (χ0v) is 10.7. The third-order valence-corrected chi connectivity index (χ3v) is 4.20. The first-order valence-corrected chi connectivity index (χ1v) is 6.98. The number of thioether (sulfide) groups is 1. The fourth-order valence-electron chi connectivity index (χ4n) is 1.91. The van der Waals surface area contributed by atoms with Gasteiger partial charge >= 0.3 is 0 Å². The average molecular weight is 251 g/mol. The zero-order valence-electron chi connectivity index (χ0n) is 9.90. The van der Waals surface area contributed by atoms with E-state index in [9.17, 15) is 9.90 Å². The fraction of sp³-hybridized carbons (Fsp3) is 0.462. The first-order chi connectivity index (χ1) is 8.16. The first kappa shape index (κ1) is 12.3.